The Morgan fingerprint density at radius 3 is 2.94 bits per heavy atom. The maximum atomic E-state index is 12.2. The quantitative estimate of drug-likeness (QED) is 0.890. The van der Waals surface area contributed by atoms with E-state index in [1.165, 1.54) is 11.3 Å². The molecule has 18 heavy (non-hydrogen) atoms. The first-order valence-corrected chi connectivity index (χ1v) is 6.98. The molecule has 1 aliphatic carbocycles. The number of carbonyl (C=O) groups excluding carboxylic acids is 1. The van der Waals surface area contributed by atoms with E-state index >= 15 is 0 Å². The molecule has 0 saturated carbocycles. The maximum absolute atomic E-state index is 12.2. The van der Waals surface area contributed by atoms with E-state index in [2.05, 4.69) is 24.3 Å². The van der Waals surface area contributed by atoms with Crippen molar-refractivity contribution in [3.8, 4) is 0 Å². The summed E-state index contributed by atoms with van der Waals surface area (Å²) >= 11 is 0. The number of nitrogens with zero attached hydrogens (tertiary/aromatic N) is 2. The van der Waals surface area contributed by atoms with Gasteiger partial charge in [0.05, 0.1) is 12.2 Å². The van der Waals surface area contributed by atoms with Gasteiger partial charge in [-0.1, -0.05) is 13.8 Å². The summed E-state index contributed by atoms with van der Waals surface area (Å²) in [4.78, 5) is 12.2. The highest BCUT2D eigenvalue weighted by Crippen LogP contribution is 2.29. The van der Waals surface area contributed by atoms with Gasteiger partial charge in [0.25, 0.3) is 0 Å². The predicted molar refractivity (Wildman–Crippen MR) is 71.1 cm³/mol. The summed E-state index contributed by atoms with van der Waals surface area (Å²) in [6.45, 7) is 4.15. The van der Waals surface area contributed by atoms with Crippen LogP contribution in [0.1, 0.15) is 56.8 Å². The number of nitrogens with one attached hydrogen (secondary N) is 1. The maximum Gasteiger partial charge on any atom is 0.223 e. The van der Waals surface area contributed by atoms with E-state index in [1.807, 2.05) is 17.9 Å². The number of amides is 1. The third kappa shape index (κ3) is 2.42. The second kappa shape index (κ2) is 5.55. The highest BCUT2D eigenvalue weighted by atomic mass is 16.1. The molecule has 1 aromatic rings. The molecule has 0 bridgehead atoms. The van der Waals surface area contributed by atoms with Crippen LogP contribution in [-0.4, -0.2) is 15.7 Å². The molecule has 1 aromatic heterocycles. The summed E-state index contributed by atoms with van der Waals surface area (Å²) in [6, 6.07) is 0.163. The molecule has 1 N–H and O–H groups in total. The molecule has 0 aromatic carbocycles. The van der Waals surface area contributed by atoms with Gasteiger partial charge in [-0.05, 0) is 32.1 Å². The summed E-state index contributed by atoms with van der Waals surface area (Å²) < 4.78 is 1.94. The average Bonchev–Trinajstić information content (AvgIpc) is 2.74. The fourth-order valence-corrected chi connectivity index (χ4v) is 2.81. The first-order valence-electron chi connectivity index (χ1n) is 6.98. The average molecular weight is 249 g/mol. The van der Waals surface area contributed by atoms with Crippen molar-refractivity contribution in [1.29, 1.82) is 0 Å². The Morgan fingerprint density at radius 2 is 2.28 bits per heavy atom. The lowest BCUT2D eigenvalue weighted by atomic mass is 9.92. The molecule has 100 valence electrons. The SMILES string of the molecule is CCC(CC)C(=O)N[C@H]1CCCc2c1cnn2C. The second-order valence-electron chi connectivity index (χ2n) is 5.14. The third-order valence-corrected chi connectivity index (χ3v) is 4.05. The number of hydrogen-bond acceptors (Lipinski definition) is 2. The number of fused-ring (bicyclic) bond motifs is 1. The molecule has 4 nitrogen and oxygen atoms in total. The van der Waals surface area contributed by atoms with E-state index in [1.54, 1.807) is 0 Å². The Balaban J connectivity index is 2.09. The lowest BCUT2D eigenvalue weighted by Gasteiger charge is -2.25. The van der Waals surface area contributed by atoms with E-state index in [9.17, 15) is 4.79 Å². The van der Waals surface area contributed by atoms with Crippen LogP contribution in [0.15, 0.2) is 6.20 Å². The molecule has 1 atom stereocenters. The number of rotatable bonds is 4. The van der Waals surface area contributed by atoms with E-state index in [-0.39, 0.29) is 17.9 Å². The van der Waals surface area contributed by atoms with Gasteiger partial charge >= 0.3 is 0 Å². The zero-order chi connectivity index (χ0) is 13.1. The summed E-state index contributed by atoms with van der Waals surface area (Å²) in [5.41, 5.74) is 2.49. The van der Waals surface area contributed by atoms with Gasteiger partial charge in [-0.2, -0.15) is 5.10 Å². The van der Waals surface area contributed by atoms with Crippen LogP contribution in [0.3, 0.4) is 0 Å². The third-order valence-electron chi connectivity index (χ3n) is 4.05. The molecular formula is C14H23N3O. The van der Waals surface area contributed by atoms with E-state index in [4.69, 9.17) is 0 Å². The molecule has 0 radical (unpaired) electrons. The van der Waals surface area contributed by atoms with Gasteiger partial charge in [0.15, 0.2) is 0 Å². The number of aromatic nitrogens is 2. The fraction of sp³-hybridized carbons (Fsp3) is 0.714. The molecule has 4 heteroatoms. The summed E-state index contributed by atoms with van der Waals surface area (Å²) in [6.07, 6.45) is 6.96. The van der Waals surface area contributed by atoms with Crippen molar-refractivity contribution in [3.63, 3.8) is 0 Å². The number of hydrogen-bond donors (Lipinski definition) is 1. The molecule has 0 unspecified atom stereocenters. The number of aryl methyl sites for hydroxylation is 1. The van der Waals surface area contributed by atoms with Crippen molar-refractivity contribution in [2.75, 3.05) is 0 Å². The largest absolute Gasteiger partial charge is 0.349 e. The van der Waals surface area contributed by atoms with Gasteiger partial charge < -0.3 is 5.32 Å². The first-order chi connectivity index (χ1) is 8.67. The van der Waals surface area contributed by atoms with Gasteiger partial charge in [0.2, 0.25) is 5.91 Å². The van der Waals surface area contributed by atoms with Crippen molar-refractivity contribution < 1.29 is 4.79 Å². The first kappa shape index (κ1) is 13.1. The van der Waals surface area contributed by atoms with Gasteiger partial charge in [0.1, 0.15) is 0 Å². The molecule has 0 spiro atoms. The van der Waals surface area contributed by atoms with Crippen molar-refractivity contribution >= 4 is 5.91 Å². The number of carbonyl (C=O) groups is 1. The van der Waals surface area contributed by atoms with Crippen molar-refractivity contribution in [3.05, 3.63) is 17.5 Å². The molecule has 0 saturated heterocycles. The molecule has 2 rings (SSSR count). The lowest BCUT2D eigenvalue weighted by molar-refractivity contribution is -0.126. The van der Waals surface area contributed by atoms with E-state index in [0.717, 1.165) is 32.1 Å². The standard InChI is InChI=1S/C14H23N3O/c1-4-10(5-2)14(18)16-12-7-6-8-13-11(12)9-15-17(13)3/h9-10,12H,4-8H2,1-3H3,(H,16,18)/t12-/m0/s1. The Labute approximate surface area is 109 Å². The minimum Gasteiger partial charge on any atom is -0.349 e. The normalized spacial score (nSPS) is 18.8. The minimum atomic E-state index is 0.145. The van der Waals surface area contributed by atoms with Crippen LogP contribution in [-0.2, 0) is 18.3 Å². The molecule has 1 heterocycles. The van der Waals surface area contributed by atoms with Crippen LogP contribution < -0.4 is 5.32 Å². The molecule has 0 aliphatic heterocycles. The summed E-state index contributed by atoms with van der Waals surface area (Å²) in [5.74, 6) is 0.341. The lowest BCUT2D eigenvalue weighted by Crippen LogP contribution is -2.35. The molecule has 1 aliphatic rings. The summed E-state index contributed by atoms with van der Waals surface area (Å²) in [5, 5.41) is 7.50. The van der Waals surface area contributed by atoms with Crippen LogP contribution >= 0.6 is 0 Å². The van der Waals surface area contributed by atoms with E-state index in [0.29, 0.717) is 0 Å². The minimum absolute atomic E-state index is 0.145. The van der Waals surface area contributed by atoms with Crippen molar-refractivity contribution in [2.24, 2.45) is 13.0 Å². The topological polar surface area (TPSA) is 46.9 Å². The van der Waals surface area contributed by atoms with Crippen LogP contribution in [0.4, 0.5) is 0 Å². The molecule has 0 fully saturated rings. The van der Waals surface area contributed by atoms with E-state index < -0.39 is 0 Å². The Hall–Kier alpha value is -1.32. The highest BCUT2D eigenvalue weighted by molar-refractivity contribution is 5.79. The van der Waals surface area contributed by atoms with Gasteiger partial charge in [0, 0.05) is 24.2 Å². The Kier molecular flexibility index (Phi) is 4.04. The van der Waals surface area contributed by atoms with Crippen LogP contribution in [0.2, 0.25) is 0 Å². The monoisotopic (exact) mass is 249 g/mol. The van der Waals surface area contributed by atoms with Gasteiger partial charge in [-0.3, -0.25) is 9.48 Å². The zero-order valence-electron chi connectivity index (χ0n) is 11.6. The molecule has 1 amide bonds. The van der Waals surface area contributed by atoms with Gasteiger partial charge in [-0.25, -0.2) is 0 Å². The van der Waals surface area contributed by atoms with Crippen LogP contribution in [0.25, 0.3) is 0 Å². The zero-order valence-corrected chi connectivity index (χ0v) is 11.6. The van der Waals surface area contributed by atoms with Crippen molar-refractivity contribution in [2.45, 2.75) is 52.0 Å². The highest BCUT2D eigenvalue weighted by Gasteiger charge is 2.26. The predicted octanol–water partition coefficient (Wildman–Crippen LogP) is 2.35. The van der Waals surface area contributed by atoms with Crippen molar-refractivity contribution in [1.82, 2.24) is 15.1 Å². The Morgan fingerprint density at radius 1 is 1.56 bits per heavy atom. The smallest absolute Gasteiger partial charge is 0.223 e. The molecular weight excluding hydrogens is 226 g/mol. The fourth-order valence-electron chi connectivity index (χ4n) is 2.81. The van der Waals surface area contributed by atoms with Crippen LogP contribution in [0.5, 0.6) is 0 Å². The van der Waals surface area contributed by atoms with Gasteiger partial charge in [-0.15, -0.1) is 0 Å². The summed E-state index contributed by atoms with van der Waals surface area (Å²) in [7, 11) is 1.98. The van der Waals surface area contributed by atoms with Crippen LogP contribution in [0, 0.1) is 5.92 Å². The second-order valence-corrected chi connectivity index (χ2v) is 5.14. The Bertz CT molecular complexity index is 421.